The van der Waals surface area contributed by atoms with Crippen molar-refractivity contribution < 1.29 is 34.1 Å². The molecule has 184 valence electrons. The van der Waals surface area contributed by atoms with E-state index in [1.807, 2.05) is 36.4 Å². The number of aliphatic hydroxyl groups excluding tert-OH is 1. The number of aliphatic hydroxyl groups is 1. The molecule has 0 aromatic heterocycles. The number of β-amino-alcohol motifs (C(OH)–C–C–N with tert-alkyl or cyclic N) is 1. The van der Waals surface area contributed by atoms with Gasteiger partial charge in [-0.1, -0.05) is 48.5 Å². The summed E-state index contributed by atoms with van der Waals surface area (Å²) in [5.74, 6) is -1.73. The van der Waals surface area contributed by atoms with Crippen LogP contribution >= 0.6 is 0 Å². The normalized spacial score (nSPS) is 27.4. The van der Waals surface area contributed by atoms with Crippen molar-refractivity contribution in [1.29, 1.82) is 0 Å². The molecule has 2 saturated heterocycles. The summed E-state index contributed by atoms with van der Waals surface area (Å²) in [6, 6.07) is 14.3. The maximum absolute atomic E-state index is 13.3. The van der Waals surface area contributed by atoms with Crippen LogP contribution in [0.4, 0.5) is 4.79 Å². The Balaban J connectivity index is 1.26. The van der Waals surface area contributed by atoms with Crippen molar-refractivity contribution in [1.82, 2.24) is 10.2 Å². The van der Waals surface area contributed by atoms with E-state index in [1.165, 1.54) is 4.90 Å². The van der Waals surface area contributed by atoms with Crippen molar-refractivity contribution in [2.45, 2.75) is 37.5 Å². The monoisotopic (exact) mass is 480 g/mol. The van der Waals surface area contributed by atoms with Gasteiger partial charge in [0.1, 0.15) is 12.6 Å². The predicted molar refractivity (Wildman–Crippen MR) is 125 cm³/mol. The summed E-state index contributed by atoms with van der Waals surface area (Å²) in [7, 11) is 0. The van der Waals surface area contributed by atoms with Gasteiger partial charge in [0.2, 0.25) is 5.91 Å². The number of benzene rings is 2. The summed E-state index contributed by atoms with van der Waals surface area (Å²) in [5, 5.41) is 22.2. The van der Waals surface area contributed by atoms with E-state index in [9.17, 15) is 24.6 Å². The minimum Gasteiger partial charge on any atom is -0.480 e. The highest BCUT2D eigenvalue weighted by Crippen LogP contribution is 2.44. The molecule has 0 spiro atoms. The van der Waals surface area contributed by atoms with Crippen LogP contribution in [0.2, 0.25) is 0 Å². The number of alkyl carbamates (subject to hydrolysis) is 1. The Bertz CT molecular complexity index is 1120. The Hall–Kier alpha value is -3.43. The van der Waals surface area contributed by atoms with E-state index < -0.39 is 41.6 Å². The lowest BCUT2D eigenvalue weighted by Gasteiger charge is -2.34. The first-order valence-corrected chi connectivity index (χ1v) is 11.7. The van der Waals surface area contributed by atoms with Crippen LogP contribution in [0.25, 0.3) is 11.1 Å². The van der Waals surface area contributed by atoms with Gasteiger partial charge in [0.05, 0.1) is 30.8 Å². The van der Waals surface area contributed by atoms with Crippen LogP contribution in [-0.2, 0) is 19.1 Å². The number of nitrogens with one attached hydrogen (secondary N) is 1. The molecule has 9 heteroatoms. The van der Waals surface area contributed by atoms with Crippen molar-refractivity contribution in [2.24, 2.45) is 5.41 Å². The van der Waals surface area contributed by atoms with Gasteiger partial charge in [-0.3, -0.25) is 4.79 Å². The fourth-order valence-corrected chi connectivity index (χ4v) is 5.47. The van der Waals surface area contributed by atoms with Gasteiger partial charge in [0.15, 0.2) is 0 Å². The number of likely N-dealkylation sites (tertiary alicyclic amines) is 1. The zero-order valence-corrected chi connectivity index (χ0v) is 19.3. The molecule has 2 amide bonds. The number of carbonyl (C=O) groups is 3. The third kappa shape index (κ3) is 4.04. The number of nitrogens with zero attached hydrogens (tertiary/aromatic N) is 1. The topological polar surface area (TPSA) is 125 Å². The van der Waals surface area contributed by atoms with Crippen LogP contribution < -0.4 is 5.32 Å². The Morgan fingerprint density at radius 1 is 1.11 bits per heavy atom. The molecule has 2 aliphatic heterocycles. The molecule has 5 rings (SSSR count). The average molecular weight is 481 g/mol. The maximum atomic E-state index is 13.3. The Morgan fingerprint density at radius 3 is 2.37 bits per heavy atom. The van der Waals surface area contributed by atoms with Crippen LogP contribution in [0, 0.1) is 5.41 Å². The Morgan fingerprint density at radius 2 is 1.74 bits per heavy atom. The Labute approximate surface area is 202 Å². The van der Waals surface area contributed by atoms with Crippen molar-refractivity contribution in [3.05, 3.63) is 59.7 Å². The molecular formula is C26H28N2O7. The number of amides is 2. The lowest BCUT2D eigenvalue weighted by Crippen LogP contribution is -2.56. The molecule has 2 fully saturated rings. The Kier molecular flexibility index (Phi) is 5.98. The molecule has 1 aliphatic carbocycles. The maximum Gasteiger partial charge on any atom is 0.407 e. The van der Waals surface area contributed by atoms with Gasteiger partial charge in [-0.2, -0.15) is 0 Å². The second-order valence-corrected chi connectivity index (χ2v) is 9.66. The van der Waals surface area contributed by atoms with Crippen LogP contribution in [0.3, 0.4) is 0 Å². The van der Waals surface area contributed by atoms with Gasteiger partial charge >= 0.3 is 12.1 Å². The standard InChI is InChI=1S/C26H28N2O7/c1-26(24(32)28-11-15(29)10-21(28)23(30)31)14-34-13-22(26)27-25(33)35-12-20-18-8-4-2-6-16(18)17-7-3-5-9-19(17)20/h2-9,15,20-22,29H,10-14H2,1H3,(H,27,33)(H,30,31)/t15?,21-,22?,26?/m0/s1. The van der Waals surface area contributed by atoms with Crippen molar-refractivity contribution >= 4 is 18.0 Å². The summed E-state index contributed by atoms with van der Waals surface area (Å²) in [6.45, 7) is 1.83. The van der Waals surface area contributed by atoms with E-state index in [0.29, 0.717) is 0 Å². The molecule has 2 heterocycles. The minimum absolute atomic E-state index is 0.0253. The van der Waals surface area contributed by atoms with Gasteiger partial charge in [0, 0.05) is 18.9 Å². The number of hydrogen-bond donors (Lipinski definition) is 3. The summed E-state index contributed by atoms with van der Waals surface area (Å²) in [6.07, 6.45) is -1.60. The second-order valence-electron chi connectivity index (χ2n) is 9.66. The molecule has 3 N–H and O–H groups in total. The first-order valence-electron chi connectivity index (χ1n) is 11.7. The molecule has 3 unspecified atom stereocenters. The van der Waals surface area contributed by atoms with E-state index in [0.717, 1.165) is 22.3 Å². The SMILES string of the molecule is CC1(C(=O)N2CC(O)C[C@H]2C(=O)O)COCC1NC(=O)OCC1c2ccccc2-c2ccccc21. The summed E-state index contributed by atoms with van der Waals surface area (Å²) in [4.78, 5) is 38.9. The molecule has 4 atom stereocenters. The molecule has 0 bridgehead atoms. The van der Waals surface area contributed by atoms with Gasteiger partial charge in [0.25, 0.3) is 0 Å². The van der Waals surface area contributed by atoms with Gasteiger partial charge < -0.3 is 29.9 Å². The number of aliphatic carboxylic acids is 1. The van der Waals surface area contributed by atoms with Crippen LogP contribution in [0.15, 0.2) is 48.5 Å². The van der Waals surface area contributed by atoms with Crippen molar-refractivity contribution in [3.8, 4) is 11.1 Å². The van der Waals surface area contributed by atoms with Crippen LogP contribution in [0.1, 0.15) is 30.4 Å². The zero-order valence-electron chi connectivity index (χ0n) is 19.3. The van der Waals surface area contributed by atoms with Gasteiger partial charge in [-0.05, 0) is 29.2 Å². The number of rotatable bonds is 5. The van der Waals surface area contributed by atoms with Crippen LogP contribution in [0.5, 0.6) is 0 Å². The lowest BCUT2D eigenvalue weighted by molar-refractivity contribution is -0.153. The number of fused-ring (bicyclic) bond motifs is 3. The average Bonchev–Trinajstić information content (AvgIpc) is 3.51. The third-order valence-corrected chi connectivity index (χ3v) is 7.40. The van der Waals surface area contributed by atoms with E-state index >= 15 is 0 Å². The summed E-state index contributed by atoms with van der Waals surface area (Å²) < 4.78 is 11.1. The summed E-state index contributed by atoms with van der Waals surface area (Å²) in [5.41, 5.74) is 3.26. The first-order chi connectivity index (χ1) is 16.8. The largest absolute Gasteiger partial charge is 0.480 e. The zero-order chi connectivity index (χ0) is 24.7. The fraction of sp³-hybridized carbons (Fsp3) is 0.423. The smallest absolute Gasteiger partial charge is 0.407 e. The number of ether oxygens (including phenoxy) is 2. The molecular weight excluding hydrogens is 452 g/mol. The number of carbonyl (C=O) groups excluding carboxylic acids is 2. The van der Waals surface area contributed by atoms with E-state index in [4.69, 9.17) is 9.47 Å². The molecule has 0 saturated carbocycles. The second kappa shape index (κ2) is 8.98. The molecule has 2 aromatic rings. The highest BCUT2D eigenvalue weighted by molar-refractivity contribution is 5.89. The molecule has 0 radical (unpaired) electrons. The summed E-state index contributed by atoms with van der Waals surface area (Å²) >= 11 is 0. The predicted octanol–water partition coefficient (Wildman–Crippen LogP) is 1.98. The highest BCUT2D eigenvalue weighted by atomic mass is 16.5. The highest BCUT2D eigenvalue weighted by Gasteiger charge is 2.52. The lowest BCUT2D eigenvalue weighted by atomic mass is 9.83. The molecule has 35 heavy (non-hydrogen) atoms. The third-order valence-electron chi connectivity index (χ3n) is 7.40. The first kappa shape index (κ1) is 23.3. The fourth-order valence-electron chi connectivity index (χ4n) is 5.47. The number of carboxylic acids is 1. The van der Waals surface area contributed by atoms with E-state index in [2.05, 4.69) is 17.4 Å². The molecule has 3 aliphatic rings. The van der Waals surface area contributed by atoms with Crippen molar-refractivity contribution in [3.63, 3.8) is 0 Å². The van der Waals surface area contributed by atoms with Crippen molar-refractivity contribution in [2.75, 3.05) is 26.4 Å². The van der Waals surface area contributed by atoms with Crippen LogP contribution in [-0.4, -0.2) is 77.6 Å². The van der Waals surface area contributed by atoms with E-state index in [-0.39, 0.29) is 38.7 Å². The molecule has 2 aromatic carbocycles. The van der Waals surface area contributed by atoms with Gasteiger partial charge in [-0.25, -0.2) is 9.59 Å². The minimum atomic E-state index is -1.18. The number of hydrogen-bond acceptors (Lipinski definition) is 6. The van der Waals surface area contributed by atoms with E-state index in [1.54, 1.807) is 6.92 Å². The quantitative estimate of drug-likeness (QED) is 0.598. The van der Waals surface area contributed by atoms with Gasteiger partial charge in [-0.15, -0.1) is 0 Å². The molecule has 9 nitrogen and oxygen atoms in total. The number of carboxylic acid groups (broad SMARTS) is 1.